The van der Waals surface area contributed by atoms with E-state index in [9.17, 15) is 13.2 Å². The van der Waals surface area contributed by atoms with Gasteiger partial charge in [-0.05, 0) is 18.2 Å². The van der Waals surface area contributed by atoms with Crippen LogP contribution < -0.4 is 5.32 Å². The summed E-state index contributed by atoms with van der Waals surface area (Å²) in [5.41, 5.74) is 0.640. The first-order valence-electron chi connectivity index (χ1n) is 5.05. The number of halogens is 4. The smallest absolute Gasteiger partial charge is 0.161 e. The summed E-state index contributed by atoms with van der Waals surface area (Å²) in [5.74, 6) is -3.09. The van der Waals surface area contributed by atoms with Gasteiger partial charge in [-0.15, -0.1) is 0 Å². The highest BCUT2D eigenvalue weighted by Crippen LogP contribution is 2.17. The molecule has 0 aliphatic rings. The molecule has 0 atom stereocenters. The van der Waals surface area contributed by atoms with Crippen LogP contribution in [0.25, 0.3) is 0 Å². The third kappa shape index (κ3) is 2.92. The monoisotopic (exact) mass is 272 g/mol. The third-order valence-corrected chi connectivity index (χ3v) is 2.51. The number of hydrogen-bond donors (Lipinski definition) is 1. The molecule has 0 saturated carbocycles. The topological polar surface area (TPSA) is 24.9 Å². The van der Waals surface area contributed by atoms with Gasteiger partial charge in [-0.25, -0.2) is 18.2 Å². The van der Waals surface area contributed by atoms with Crippen molar-refractivity contribution in [2.75, 3.05) is 5.32 Å². The minimum absolute atomic E-state index is 0.0172. The second kappa shape index (κ2) is 5.27. The first kappa shape index (κ1) is 12.7. The van der Waals surface area contributed by atoms with Gasteiger partial charge in [0.2, 0.25) is 0 Å². The van der Waals surface area contributed by atoms with Crippen LogP contribution in [-0.4, -0.2) is 4.98 Å². The molecule has 2 aromatic rings. The van der Waals surface area contributed by atoms with Crippen molar-refractivity contribution in [3.05, 3.63) is 58.6 Å². The lowest BCUT2D eigenvalue weighted by Crippen LogP contribution is -2.03. The second-order valence-electron chi connectivity index (χ2n) is 3.58. The Morgan fingerprint density at radius 1 is 1.06 bits per heavy atom. The number of benzene rings is 1. The summed E-state index contributed by atoms with van der Waals surface area (Å²) in [7, 11) is 0. The molecule has 0 spiro atoms. The number of pyridine rings is 1. The van der Waals surface area contributed by atoms with Crippen LogP contribution in [0, 0.1) is 17.5 Å². The van der Waals surface area contributed by atoms with Crippen molar-refractivity contribution < 1.29 is 13.2 Å². The van der Waals surface area contributed by atoms with Gasteiger partial charge in [-0.3, -0.25) is 0 Å². The van der Waals surface area contributed by atoms with Crippen molar-refractivity contribution in [3.8, 4) is 0 Å². The van der Waals surface area contributed by atoms with Gasteiger partial charge in [-0.2, -0.15) is 0 Å². The fourth-order valence-electron chi connectivity index (χ4n) is 1.41. The van der Waals surface area contributed by atoms with E-state index in [1.165, 1.54) is 6.20 Å². The summed E-state index contributed by atoms with van der Waals surface area (Å²) in [6.07, 6.45) is 1.48. The average molecular weight is 273 g/mol. The van der Waals surface area contributed by atoms with Gasteiger partial charge in [0.05, 0.1) is 0 Å². The van der Waals surface area contributed by atoms with Crippen LogP contribution in [0.4, 0.5) is 18.9 Å². The maximum atomic E-state index is 13.3. The molecule has 18 heavy (non-hydrogen) atoms. The number of rotatable bonds is 3. The van der Waals surface area contributed by atoms with Gasteiger partial charge in [0.25, 0.3) is 0 Å². The molecular formula is C12H8ClF3N2. The van der Waals surface area contributed by atoms with Crippen LogP contribution in [0.2, 0.25) is 5.15 Å². The van der Waals surface area contributed by atoms with Crippen LogP contribution in [-0.2, 0) is 6.54 Å². The molecule has 6 heteroatoms. The van der Waals surface area contributed by atoms with Crippen molar-refractivity contribution in [1.29, 1.82) is 0 Å². The van der Waals surface area contributed by atoms with E-state index in [0.29, 0.717) is 11.8 Å². The molecule has 0 aliphatic heterocycles. The zero-order chi connectivity index (χ0) is 13.1. The molecule has 0 bridgehead atoms. The lowest BCUT2D eigenvalue weighted by Gasteiger charge is -2.08. The molecule has 1 N–H and O–H groups in total. The van der Waals surface area contributed by atoms with Crippen LogP contribution in [0.5, 0.6) is 0 Å². The van der Waals surface area contributed by atoms with Crippen molar-refractivity contribution in [2.24, 2.45) is 0 Å². The van der Waals surface area contributed by atoms with Crippen LogP contribution in [0.15, 0.2) is 30.5 Å². The van der Waals surface area contributed by atoms with Crippen molar-refractivity contribution in [2.45, 2.75) is 6.54 Å². The lowest BCUT2D eigenvalue weighted by atomic mass is 10.2. The Labute approximate surface area is 106 Å². The molecule has 0 aliphatic carbocycles. The van der Waals surface area contributed by atoms with Crippen molar-refractivity contribution in [1.82, 2.24) is 4.98 Å². The summed E-state index contributed by atoms with van der Waals surface area (Å²) in [6, 6.07) is 4.51. The zero-order valence-electron chi connectivity index (χ0n) is 9.05. The van der Waals surface area contributed by atoms with Gasteiger partial charge in [-0.1, -0.05) is 11.6 Å². The maximum absolute atomic E-state index is 13.3. The average Bonchev–Trinajstić information content (AvgIpc) is 2.32. The Hall–Kier alpha value is -1.75. The number of hydrogen-bond acceptors (Lipinski definition) is 2. The Morgan fingerprint density at radius 3 is 2.50 bits per heavy atom. The van der Waals surface area contributed by atoms with E-state index in [1.54, 1.807) is 12.1 Å². The second-order valence-corrected chi connectivity index (χ2v) is 3.97. The maximum Gasteiger partial charge on any atom is 0.161 e. The van der Waals surface area contributed by atoms with E-state index in [0.717, 1.165) is 6.07 Å². The number of aromatic nitrogens is 1. The summed E-state index contributed by atoms with van der Waals surface area (Å²) >= 11 is 5.67. The van der Waals surface area contributed by atoms with E-state index >= 15 is 0 Å². The third-order valence-electron chi connectivity index (χ3n) is 2.30. The fourth-order valence-corrected chi connectivity index (χ4v) is 1.58. The minimum Gasteiger partial charge on any atom is -0.381 e. The lowest BCUT2D eigenvalue weighted by molar-refractivity contribution is 0.490. The van der Waals surface area contributed by atoms with Crippen LogP contribution in [0.1, 0.15) is 5.56 Å². The van der Waals surface area contributed by atoms with Crippen LogP contribution in [0.3, 0.4) is 0 Å². The zero-order valence-corrected chi connectivity index (χ0v) is 9.81. The molecule has 2 nitrogen and oxygen atoms in total. The van der Waals surface area contributed by atoms with E-state index in [1.807, 2.05) is 0 Å². The molecule has 0 unspecified atom stereocenters. The van der Waals surface area contributed by atoms with Gasteiger partial charge in [0.1, 0.15) is 11.0 Å². The standard InChI is InChI=1S/C12H8ClF3N2/c13-12-4-8(1-2-17-12)18-6-7-3-10(15)11(16)5-9(7)14/h1-5H,6H2,(H,17,18). The first-order chi connectivity index (χ1) is 8.56. The normalized spacial score (nSPS) is 10.4. The summed E-state index contributed by atoms with van der Waals surface area (Å²) < 4.78 is 39.0. The number of nitrogens with one attached hydrogen (secondary N) is 1. The van der Waals surface area contributed by atoms with Gasteiger partial charge in [0, 0.05) is 30.1 Å². The minimum atomic E-state index is -1.21. The quantitative estimate of drug-likeness (QED) is 0.680. The molecule has 1 aromatic heterocycles. The molecule has 0 fully saturated rings. The molecular weight excluding hydrogens is 265 g/mol. The Kier molecular flexibility index (Phi) is 3.72. The molecule has 1 aromatic carbocycles. The van der Waals surface area contributed by atoms with Gasteiger partial charge < -0.3 is 5.32 Å². The van der Waals surface area contributed by atoms with Crippen molar-refractivity contribution >= 4 is 17.3 Å². The Bertz CT molecular complexity index is 575. The SMILES string of the molecule is Fc1cc(F)c(CNc2ccnc(Cl)c2)cc1F. The summed E-state index contributed by atoms with van der Waals surface area (Å²) in [5, 5.41) is 3.12. The number of nitrogens with zero attached hydrogens (tertiary/aromatic N) is 1. The molecule has 0 saturated heterocycles. The van der Waals surface area contributed by atoms with Crippen LogP contribution >= 0.6 is 11.6 Å². The first-order valence-corrected chi connectivity index (χ1v) is 5.43. The van der Waals surface area contributed by atoms with E-state index in [4.69, 9.17) is 11.6 Å². The molecule has 0 amide bonds. The summed E-state index contributed by atoms with van der Waals surface area (Å²) in [6.45, 7) is 0.0172. The molecule has 2 rings (SSSR count). The summed E-state index contributed by atoms with van der Waals surface area (Å²) in [4.78, 5) is 3.78. The Morgan fingerprint density at radius 2 is 1.78 bits per heavy atom. The molecule has 0 radical (unpaired) electrons. The van der Waals surface area contributed by atoms with Gasteiger partial charge in [0.15, 0.2) is 11.6 Å². The molecule has 94 valence electrons. The van der Waals surface area contributed by atoms with E-state index in [2.05, 4.69) is 10.3 Å². The predicted molar refractivity (Wildman–Crippen MR) is 62.9 cm³/mol. The highest BCUT2D eigenvalue weighted by Gasteiger charge is 2.09. The van der Waals surface area contributed by atoms with E-state index < -0.39 is 17.5 Å². The highest BCUT2D eigenvalue weighted by molar-refractivity contribution is 6.29. The largest absolute Gasteiger partial charge is 0.381 e. The van der Waals surface area contributed by atoms with E-state index in [-0.39, 0.29) is 17.3 Å². The predicted octanol–water partition coefficient (Wildman–Crippen LogP) is 3.76. The fraction of sp³-hybridized carbons (Fsp3) is 0.0833. The van der Waals surface area contributed by atoms with Gasteiger partial charge >= 0.3 is 0 Å². The Balaban J connectivity index is 2.13. The number of anilines is 1. The molecule has 1 heterocycles. The highest BCUT2D eigenvalue weighted by atomic mass is 35.5. The van der Waals surface area contributed by atoms with Crippen molar-refractivity contribution in [3.63, 3.8) is 0 Å².